The van der Waals surface area contributed by atoms with Crippen LogP contribution in [0.15, 0.2) is 47.5 Å². The number of halogens is 1. The average Bonchev–Trinajstić information content (AvgIpc) is 3.02. The summed E-state index contributed by atoms with van der Waals surface area (Å²) in [4.78, 5) is 6.17. The third kappa shape index (κ3) is 3.34. The van der Waals surface area contributed by atoms with Gasteiger partial charge in [0, 0.05) is 30.7 Å². The molecule has 1 aliphatic heterocycles. The molecule has 0 aliphatic carbocycles. The van der Waals surface area contributed by atoms with Crippen molar-refractivity contribution < 1.29 is 8.42 Å². The van der Waals surface area contributed by atoms with Crippen LogP contribution in [-0.4, -0.2) is 26.5 Å². The standard InChI is InChI=1S/C15H16ClN3O2S/c16-15-8-7-14(11-17-15)22(20,21)18-12-3-5-13(6-4-12)19-9-1-2-10-19/h3-8,11,18H,1-2,9-10H2. The Morgan fingerprint density at radius 2 is 1.73 bits per heavy atom. The van der Waals surface area contributed by atoms with Crippen molar-refractivity contribution in [1.29, 1.82) is 0 Å². The molecule has 7 heteroatoms. The Morgan fingerprint density at radius 1 is 1.05 bits per heavy atom. The van der Waals surface area contributed by atoms with Gasteiger partial charge in [0.05, 0.1) is 0 Å². The summed E-state index contributed by atoms with van der Waals surface area (Å²) in [6, 6.07) is 10.3. The molecule has 5 nitrogen and oxygen atoms in total. The molecular formula is C15H16ClN3O2S. The molecule has 1 aromatic heterocycles. The highest BCUT2D eigenvalue weighted by molar-refractivity contribution is 7.92. The highest BCUT2D eigenvalue weighted by Gasteiger charge is 2.16. The van der Waals surface area contributed by atoms with Crippen LogP contribution in [0.25, 0.3) is 0 Å². The fraction of sp³-hybridized carbons (Fsp3) is 0.267. The molecule has 22 heavy (non-hydrogen) atoms. The molecule has 0 amide bonds. The molecule has 1 N–H and O–H groups in total. The van der Waals surface area contributed by atoms with E-state index in [1.165, 1.54) is 31.2 Å². The van der Waals surface area contributed by atoms with Crippen molar-refractivity contribution >= 4 is 33.0 Å². The van der Waals surface area contributed by atoms with Gasteiger partial charge in [0.25, 0.3) is 10.0 Å². The lowest BCUT2D eigenvalue weighted by Crippen LogP contribution is -2.17. The predicted molar refractivity (Wildman–Crippen MR) is 87.9 cm³/mol. The zero-order valence-corrected chi connectivity index (χ0v) is 13.4. The first-order valence-corrected chi connectivity index (χ1v) is 8.90. The van der Waals surface area contributed by atoms with E-state index in [-0.39, 0.29) is 10.0 Å². The van der Waals surface area contributed by atoms with Crippen LogP contribution in [0.1, 0.15) is 12.8 Å². The maximum Gasteiger partial charge on any atom is 0.263 e. The molecule has 1 aliphatic rings. The molecule has 0 bridgehead atoms. The first-order chi connectivity index (χ1) is 10.5. The van der Waals surface area contributed by atoms with Gasteiger partial charge in [0.1, 0.15) is 10.0 Å². The zero-order chi connectivity index (χ0) is 15.6. The Morgan fingerprint density at radius 3 is 2.32 bits per heavy atom. The number of aromatic nitrogens is 1. The van der Waals surface area contributed by atoms with Crippen molar-refractivity contribution in [1.82, 2.24) is 4.98 Å². The Kier molecular flexibility index (Phi) is 4.22. The van der Waals surface area contributed by atoms with Crippen molar-refractivity contribution in [3.8, 4) is 0 Å². The van der Waals surface area contributed by atoms with Crippen molar-refractivity contribution in [2.45, 2.75) is 17.7 Å². The fourth-order valence-corrected chi connectivity index (χ4v) is 3.57. The van der Waals surface area contributed by atoms with Gasteiger partial charge in [-0.1, -0.05) is 11.6 Å². The Hall–Kier alpha value is -1.79. The summed E-state index contributed by atoms with van der Waals surface area (Å²) in [5.74, 6) is 0. The van der Waals surface area contributed by atoms with Gasteiger partial charge in [0.2, 0.25) is 0 Å². The van der Waals surface area contributed by atoms with Gasteiger partial charge in [-0.2, -0.15) is 0 Å². The highest BCUT2D eigenvalue weighted by atomic mass is 35.5. The van der Waals surface area contributed by atoms with Gasteiger partial charge in [-0.15, -0.1) is 0 Å². The lowest BCUT2D eigenvalue weighted by Gasteiger charge is -2.18. The van der Waals surface area contributed by atoms with Gasteiger partial charge < -0.3 is 4.90 Å². The maximum absolute atomic E-state index is 12.2. The van der Waals surface area contributed by atoms with Crippen molar-refractivity contribution in [3.63, 3.8) is 0 Å². The van der Waals surface area contributed by atoms with Gasteiger partial charge in [0.15, 0.2) is 0 Å². The molecule has 1 fully saturated rings. The second-order valence-electron chi connectivity index (χ2n) is 5.16. The van der Waals surface area contributed by atoms with Gasteiger partial charge in [-0.3, -0.25) is 4.72 Å². The van der Waals surface area contributed by atoms with Crippen LogP contribution in [0.3, 0.4) is 0 Å². The number of nitrogens with zero attached hydrogens (tertiary/aromatic N) is 2. The molecule has 2 aromatic rings. The summed E-state index contributed by atoms with van der Waals surface area (Å²) < 4.78 is 27.0. The van der Waals surface area contributed by atoms with Crippen LogP contribution in [0.5, 0.6) is 0 Å². The van der Waals surface area contributed by atoms with E-state index in [0.29, 0.717) is 5.69 Å². The van der Waals surface area contributed by atoms with E-state index >= 15 is 0 Å². The predicted octanol–water partition coefficient (Wildman–Crippen LogP) is 3.14. The lowest BCUT2D eigenvalue weighted by molar-refractivity contribution is 0.601. The minimum atomic E-state index is -3.65. The normalized spacial score (nSPS) is 15.0. The van der Waals surface area contributed by atoms with E-state index in [0.717, 1.165) is 18.8 Å². The van der Waals surface area contributed by atoms with Crippen molar-refractivity contribution in [2.75, 3.05) is 22.7 Å². The number of hydrogen-bond donors (Lipinski definition) is 1. The summed E-state index contributed by atoms with van der Waals surface area (Å²) in [5.41, 5.74) is 1.64. The number of hydrogen-bond acceptors (Lipinski definition) is 4. The number of benzene rings is 1. The molecule has 2 heterocycles. The molecule has 116 valence electrons. The quantitative estimate of drug-likeness (QED) is 0.871. The molecule has 1 aromatic carbocycles. The Balaban J connectivity index is 1.75. The molecule has 0 radical (unpaired) electrons. The maximum atomic E-state index is 12.2. The lowest BCUT2D eigenvalue weighted by atomic mass is 10.2. The number of pyridine rings is 1. The first kappa shape index (κ1) is 15.1. The van der Waals surface area contributed by atoms with Gasteiger partial charge in [-0.05, 0) is 49.2 Å². The molecule has 0 atom stereocenters. The average molecular weight is 338 g/mol. The van der Waals surface area contributed by atoms with E-state index in [4.69, 9.17) is 11.6 Å². The number of rotatable bonds is 4. The SMILES string of the molecule is O=S(=O)(Nc1ccc(N2CCCC2)cc1)c1ccc(Cl)nc1. The fourth-order valence-electron chi connectivity index (χ4n) is 2.45. The third-order valence-electron chi connectivity index (χ3n) is 3.60. The second-order valence-corrected chi connectivity index (χ2v) is 7.23. The summed E-state index contributed by atoms with van der Waals surface area (Å²) in [5, 5.41) is 0.258. The minimum absolute atomic E-state index is 0.0838. The number of sulfonamides is 1. The first-order valence-electron chi connectivity index (χ1n) is 7.04. The Bertz CT molecular complexity index is 739. The van der Waals surface area contributed by atoms with E-state index in [2.05, 4.69) is 14.6 Å². The zero-order valence-electron chi connectivity index (χ0n) is 11.9. The smallest absolute Gasteiger partial charge is 0.263 e. The van der Waals surface area contributed by atoms with Crippen molar-refractivity contribution in [3.05, 3.63) is 47.7 Å². The van der Waals surface area contributed by atoms with Crippen molar-refractivity contribution in [2.24, 2.45) is 0 Å². The van der Waals surface area contributed by atoms with E-state index in [1.807, 2.05) is 12.1 Å². The summed E-state index contributed by atoms with van der Waals surface area (Å²) in [7, 11) is -3.65. The largest absolute Gasteiger partial charge is 0.372 e. The number of nitrogens with one attached hydrogen (secondary N) is 1. The summed E-state index contributed by atoms with van der Waals surface area (Å²) in [6.07, 6.45) is 3.65. The molecule has 0 spiro atoms. The topological polar surface area (TPSA) is 62.3 Å². The van der Waals surface area contributed by atoms with Crippen LogP contribution in [0.4, 0.5) is 11.4 Å². The highest BCUT2D eigenvalue weighted by Crippen LogP contribution is 2.23. The molecule has 0 unspecified atom stereocenters. The monoisotopic (exact) mass is 337 g/mol. The third-order valence-corrected chi connectivity index (χ3v) is 5.19. The van der Waals surface area contributed by atoms with Crippen LogP contribution >= 0.6 is 11.6 Å². The molecule has 3 rings (SSSR count). The van der Waals surface area contributed by atoms with Crippen LogP contribution in [-0.2, 0) is 10.0 Å². The minimum Gasteiger partial charge on any atom is -0.372 e. The second kappa shape index (κ2) is 6.14. The van der Waals surface area contributed by atoms with Crippen LogP contribution in [0.2, 0.25) is 5.15 Å². The molecular weight excluding hydrogens is 322 g/mol. The van der Waals surface area contributed by atoms with E-state index in [1.54, 1.807) is 12.1 Å². The van der Waals surface area contributed by atoms with E-state index < -0.39 is 10.0 Å². The number of anilines is 2. The molecule has 0 saturated carbocycles. The van der Waals surface area contributed by atoms with Gasteiger partial charge in [-0.25, -0.2) is 13.4 Å². The van der Waals surface area contributed by atoms with Gasteiger partial charge >= 0.3 is 0 Å². The summed E-state index contributed by atoms with van der Waals surface area (Å²) in [6.45, 7) is 2.11. The Labute approximate surface area is 135 Å². The summed E-state index contributed by atoms with van der Waals surface area (Å²) >= 11 is 5.67. The van der Waals surface area contributed by atoms with Crippen LogP contribution in [0, 0.1) is 0 Å². The van der Waals surface area contributed by atoms with Crippen LogP contribution < -0.4 is 9.62 Å². The van der Waals surface area contributed by atoms with E-state index in [9.17, 15) is 8.42 Å². The molecule has 1 saturated heterocycles.